The fourth-order valence-corrected chi connectivity index (χ4v) is 2.06. The van der Waals surface area contributed by atoms with E-state index in [0.29, 0.717) is 6.54 Å². The summed E-state index contributed by atoms with van der Waals surface area (Å²) in [5.74, 6) is -0.0646. The van der Waals surface area contributed by atoms with Crippen molar-refractivity contribution >= 4 is 5.91 Å². The van der Waals surface area contributed by atoms with Crippen molar-refractivity contribution < 1.29 is 9.90 Å². The second-order valence-electron chi connectivity index (χ2n) is 4.87. The van der Waals surface area contributed by atoms with E-state index in [4.69, 9.17) is 0 Å². The van der Waals surface area contributed by atoms with E-state index in [1.807, 2.05) is 60.7 Å². The Kier molecular flexibility index (Phi) is 4.91. The first-order valence-corrected chi connectivity index (χ1v) is 6.67. The van der Waals surface area contributed by atoms with Gasteiger partial charge in [-0.1, -0.05) is 60.7 Å². The number of nitrogens with zero attached hydrogens (tertiary/aromatic N) is 1. The van der Waals surface area contributed by atoms with Crippen LogP contribution in [-0.4, -0.2) is 23.0 Å². The number of hydrogen-bond acceptors (Lipinski definition) is 2. The minimum absolute atomic E-state index is 0.0646. The third kappa shape index (κ3) is 3.93. The van der Waals surface area contributed by atoms with E-state index in [1.54, 1.807) is 11.9 Å². The molecule has 0 saturated heterocycles. The minimum atomic E-state index is -0.748. The summed E-state index contributed by atoms with van der Waals surface area (Å²) in [6.45, 7) is 0.557. The molecule has 1 atom stereocenters. The lowest BCUT2D eigenvalue weighted by Gasteiger charge is -2.19. The number of aliphatic hydroxyl groups excluding tert-OH is 1. The topological polar surface area (TPSA) is 40.5 Å². The maximum atomic E-state index is 12.1. The summed E-state index contributed by atoms with van der Waals surface area (Å²) in [6.07, 6.45) is -0.644. The molecule has 2 aromatic carbocycles. The lowest BCUT2D eigenvalue weighted by molar-refractivity contribution is -0.132. The summed E-state index contributed by atoms with van der Waals surface area (Å²) in [7, 11) is 1.76. The predicted molar refractivity (Wildman–Crippen MR) is 78.9 cm³/mol. The molecular weight excluding hydrogens is 250 g/mol. The fourth-order valence-electron chi connectivity index (χ4n) is 2.06. The van der Waals surface area contributed by atoms with Crippen molar-refractivity contribution in [2.24, 2.45) is 0 Å². The minimum Gasteiger partial charge on any atom is -0.388 e. The Hall–Kier alpha value is -2.13. The molecule has 0 aromatic heterocycles. The van der Waals surface area contributed by atoms with Crippen molar-refractivity contribution in [1.29, 1.82) is 0 Å². The Labute approximate surface area is 119 Å². The fraction of sp³-hybridized carbons (Fsp3) is 0.235. The van der Waals surface area contributed by atoms with Gasteiger partial charge in [-0.05, 0) is 11.1 Å². The monoisotopic (exact) mass is 269 g/mol. The number of carbonyl (C=O) groups is 1. The van der Waals surface area contributed by atoms with E-state index < -0.39 is 6.10 Å². The molecule has 0 bridgehead atoms. The van der Waals surface area contributed by atoms with Crippen LogP contribution in [0, 0.1) is 0 Å². The van der Waals surface area contributed by atoms with E-state index in [-0.39, 0.29) is 12.3 Å². The van der Waals surface area contributed by atoms with Crippen molar-refractivity contribution in [3.8, 4) is 0 Å². The summed E-state index contributed by atoms with van der Waals surface area (Å²) < 4.78 is 0. The van der Waals surface area contributed by atoms with Gasteiger partial charge in [-0.2, -0.15) is 0 Å². The van der Waals surface area contributed by atoms with Gasteiger partial charge in [0.2, 0.25) is 5.91 Å². The molecule has 0 fully saturated rings. The van der Waals surface area contributed by atoms with Gasteiger partial charge in [0, 0.05) is 13.6 Å². The zero-order valence-electron chi connectivity index (χ0n) is 11.6. The van der Waals surface area contributed by atoms with Gasteiger partial charge in [-0.3, -0.25) is 4.79 Å². The maximum absolute atomic E-state index is 12.1. The van der Waals surface area contributed by atoms with Gasteiger partial charge in [0.25, 0.3) is 0 Å². The van der Waals surface area contributed by atoms with Crippen LogP contribution in [0.25, 0.3) is 0 Å². The summed E-state index contributed by atoms with van der Waals surface area (Å²) in [4.78, 5) is 13.7. The van der Waals surface area contributed by atoms with Crippen molar-refractivity contribution in [2.45, 2.75) is 19.1 Å². The number of aliphatic hydroxyl groups is 1. The highest BCUT2D eigenvalue weighted by molar-refractivity contribution is 5.76. The normalized spacial score (nSPS) is 11.9. The number of rotatable bonds is 5. The first kappa shape index (κ1) is 14.3. The number of carbonyl (C=O) groups excluding carboxylic acids is 1. The van der Waals surface area contributed by atoms with E-state index in [2.05, 4.69) is 0 Å². The molecule has 0 spiro atoms. The van der Waals surface area contributed by atoms with Gasteiger partial charge >= 0.3 is 0 Å². The van der Waals surface area contributed by atoms with Gasteiger partial charge in [0.05, 0.1) is 12.5 Å². The Morgan fingerprint density at radius 3 is 2.20 bits per heavy atom. The highest BCUT2D eigenvalue weighted by Gasteiger charge is 2.16. The molecule has 104 valence electrons. The summed E-state index contributed by atoms with van der Waals surface area (Å²) in [5.41, 5.74) is 1.85. The summed E-state index contributed by atoms with van der Waals surface area (Å²) in [6, 6.07) is 19.1. The highest BCUT2D eigenvalue weighted by atomic mass is 16.3. The zero-order chi connectivity index (χ0) is 14.4. The second kappa shape index (κ2) is 6.87. The van der Waals surface area contributed by atoms with Crippen LogP contribution in [0.15, 0.2) is 60.7 Å². The molecule has 1 amide bonds. The van der Waals surface area contributed by atoms with Crippen molar-refractivity contribution in [1.82, 2.24) is 4.90 Å². The summed E-state index contributed by atoms with van der Waals surface area (Å²) >= 11 is 0. The van der Waals surface area contributed by atoms with Gasteiger partial charge in [0.1, 0.15) is 0 Å². The van der Waals surface area contributed by atoms with Crippen molar-refractivity contribution in [3.05, 3.63) is 71.8 Å². The lowest BCUT2D eigenvalue weighted by Crippen LogP contribution is -2.27. The van der Waals surface area contributed by atoms with Gasteiger partial charge < -0.3 is 10.0 Å². The van der Waals surface area contributed by atoms with E-state index in [0.717, 1.165) is 11.1 Å². The van der Waals surface area contributed by atoms with Gasteiger partial charge in [0.15, 0.2) is 0 Å². The lowest BCUT2D eigenvalue weighted by atomic mass is 10.1. The average molecular weight is 269 g/mol. The molecule has 0 aliphatic rings. The molecule has 20 heavy (non-hydrogen) atoms. The van der Waals surface area contributed by atoms with Crippen LogP contribution in [0.4, 0.5) is 0 Å². The molecule has 3 heteroatoms. The Morgan fingerprint density at radius 2 is 1.60 bits per heavy atom. The van der Waals surface area contributed by atoms with Crippen LogP contribution in [-0.2, 0) is 11.3 Å². The van der Waals surface area contributed by atoms with E-state index in [1.165, 1.54) is 0 Å². The van der Waals surface area contributed by atoms with Crippen LogP contribution in [0.1, 0.15) is 23.7 Å². The van der Waals surface area contributed by atoms with Crippen LogP contribution >= 0.6 is 0 Å². The third-order valence-electron chi connectivity index (χ3n) is 3.24. The Bertz CT molecular complexity index is 539. The van der Waals surface area contributed by atoms with Crippen LogP contribution in [0.3, 0.4) is 0 Å². The van der Waals surface area contributed by atoms with Crippen LogP contribution in [0.2, 0.25) is 0 Å². The predicted octanol–water partition coefficient (Wildman–Crippen LogP) is 2.77. The smallest absolute Gasteiger partial charge is 0.225 e. The Morgan fingerprint density at radius 1 is 1.05 bits per heavy atom. The second-order valence-corrected chi connectivity index (χ2v) is 4.87. The van der Waals surface area contributed by atoms with Crippen LogP contribution in [0.5, 0.6) is 0 Å². The van der Waals surface area contributed by atoms with E-state index >= 15 is 0 Å². The molecule has 0 radical (unpaired) electrons. The SMILES string of the molecule is CN(Cc1ccccc1)C(=O)CC(O)c1ccccc1. The molecular formula is C17H19NO2. The van der Waals surface area contributed by atoms with Crippen molar-refractivity contribution in [3.63, 3.8) is 0 Å². The largest absolute Gasteiger partial charge is 0.388 e. The van der Waals surface area contributed by atoms with Crippen molar-refractivity contribution in [2.75, 3.05) is 7.05 Å². The molecule has 0 aliphatic carbocycles. The molecule has 2 aromatic rings. The Balaban J connectivity index is 1.91. The molecule has 2 rings (SSSR count). The average Bonchev–Trinajstić information content (AvgIpc) is 2.49. The number of amides is 1. The van der Waals surface area contributed by atoms with Gasteiger partial charge in [-0.15, -0.1) is 0 Å². The number of benzene rings is 2. The maximum Gasteiger partial charge on any atom is 0.225 e. The molecule has 3 nitrogen and oxygen atoms in total. The zero-order valence-corrected chi connectivity index (χ0v) is 11.6. The molecule has 0 aliphatic heterocycles. The van der Waals surface area contributed by atoms with E-state index in [9.17, 15) is 9.90 Å². The molecule has 0 heterocycles. The first-order chi connectivity index (χ1) is 9.66. The molecule has 1 unspecified atom stereocenters. The van der Waals surface area contributed by atoms with Gasteiger partial charge in [-0.25, -0.2) is 0 Å². The number of hydrogen-bond donors (Lipinski definition) is 1. The van der Waals surface area contributed by atoms with Crippen LogP contribution < -0.4 is 0 Å². The highest BCUT2D eigenvalue weighted by Crippen LogP contribution is 2.17. The third-order valence-corrected chi connectivity index (χ3v) is 3.24. The first-order valence-electron chi connectivity index (χ1n) is 6.67. The standard InChI is InChI=1S/C17H19NO2/c1-18(13-14-8-4-2-5-9-14)17(20)12-16(19)15-10-6-3-7-11-15/h2-11,16,19H,12-13H2,1H3. The molecule has 1 N–H and O–H groups in total. The quantitative estimate of drug-likeness (QED) is 0.906. The molecule has 0 saturated carbocycles. The summed E-state index contributed by atoms with van der Waals surface area (Å²) in [5, 5.41) is 10.1.